The Morgan fingerprint density at radius 1 is 1.38 bits per heavy atom. The van der Waals surface area contributed by atoms with E-state index in [4.69, 9.17) is 4.74 Å². The number of urea groups is 2. The highest BCUT2D eigenvalue weighted by atomic mass is 16.5. The molecule has 2 saturated heterocycles. The fourth-order valence-corrected chi connectivity index (χ4v) is 1.47. The summed E-state index contributed by atoms with van der Waals surface area (Å²) in [6.07, 6.45) is -0.699. The third kappa shape index (κ3) is 1.17. The van der Waals surface area contributed by atoms with Crippen LogP contribution in [0.4, 0.5) is 9.59 Å². The molecular weight excluding hydrogens is 176 g/mol. The number of ether oxygens (including phenoxy) is 1. The van der Waals surface area contributed by atoms with Gasteiger partial charge in [-0.15, -0.1) is 0 Å². The molecule has 0 bridgehead atoms. The van der Waals surface area contributed by atoms with Crippen LogP contribution in [0.1, 0.15) is 0 Å². The number of rotatable bonds is 2. The molecule has 0 saturated carbocycles. The molecule has 2 aliphatic rings. The van der Waals surface area contributed by atoms with Crippen molar-refractivity contribution in [2.24, 2.45) is 0 Å². The van der Waals surface area contributed by atoms with Crippen molar-refractivity contribution < 1.29 is 14.3 Å². The summed E-state index contributed by atoms with van der Waals surface area (Å²) in [7, 11) is 1.49. The summed E-state index contributed by atoms with van der Waals surface area (Å²) in [6, 6.07) is -0.527. The molecule has 4 amide bonds. The van der Waals surface area contributed by atoms with Crippen molar-refractivity contribution in [1.29, 1.82) is 0 Å². The summed E-state index contributed by atoms with van der Waals surface area (Å²) in [5.41, 5.74) is 0. The normalized spacial score (nSPS) is 31.0. The number of hydrogen-bond acceptors (Lipinski definition) is 3. The zero-order valence-electron chi connectivity index (χ0n) is 7.03. The summed E-state index contributed by atoms with van der Waals surface area (Å²) in [4.78, 5) is 23.5. The predicted octanol–water partition coefficient (Wildman–Crippen LogP) is -1.42. The molecule has 7 nitrogen and oxygen atoms in total. The minimum absolute atomic E-state index is 0.162. The Kier molecular flexibility index (Phi) is 1.73. The molecule has 0 spiro atoms. The first kappa shape index (κ1) is 8.11. The maximum absolute atomic E-state index is 11.2. The van der Waals surface area contributed by atoms with Crippen LogP contribution < -0.4 is 16.0 Å². The highest BCUT2D eigenvalue weighted by Gasteiger charge is 2.45. The van der Waals surface area contributed by atoms with Gasteiger partial charge in [0.15, 0.2) is 0 Å². The quantitative estimate of drug-likeness (QED) is 0.495. The van der Waals surface area contributed by atoms with Crippen molar-refractivity contribution in [3.05, 3.63) is 0 Å². The second kappa shape index (κ2) is 2.77. The lowest BCUT2D eigenvalue weighted by Crippen LogP contribution is -2.44. The van der Waals surface area contributed by atoms with Gasteiger partial charge in [0, 0.05) is 7.11 Å². The Morgan fingerprint density at radius 2 is 2.15 bits per heavy atom. The number of amides is 4. The van der Waals surface area contributed by atoms with Crippen LogP contribution in [0.5, 0.6) is 0 Å². The van der Waals surface area contributed by atoms with E-state index in [9.17, 15) is 9.59 Å². The van der Waals surface area contributed by atoms with Crippen molar-refractivity contribution in [3.63, 3.8) is 0 Å². The molecule has 7 heteroatoms. The highest BCUT2D eigenvalue weighted by Crippen LogP contribution is 2.12. The molecule has 0 aromatic carbocycles. The number of carbonyl (C=O) groups is 2. The highest BCUT2D eigenvalue weighted by molar-refractivity contribution is 5.84. The SMILES string of the molecule is COCN1C(=O)NC2NC(=O)NC21. The Hall–Kier alpha value is -1.50. The van der Waals surface area contributed by atoms with Crippen molar-refractivity contribution >= 4 is 12.1 Å². The summed E-state index contributed by atoms with van der Waals surface area (Å²) < 4.78 is 4.83. The lowest BCUT2D eigenvalue weighted by Gasteiger charge is -2.19. The van der Waals surface area contributed by atoms with Crippen LogP contribution in [0.25, 0.3) is 0 Å². The molecule has 2 heterocycles. The molecular formula is C6H10N4O3. The lowest BCUT2D eigenvalue weighted by atomic mass is 10.4. The van der Waals surface area contributed by atoms with Gasteiger partial charge in [-0.2, -0.15) is 0 Å². The number of carbonyl (C=O) groups excluding carboxylic acids is 2. The van der Waals surface area contributed by atoms with E-state index < -0.39 is 0 Å². The number of nitrogens with zero attached hydrogens (tertiary/aromatic N) is 1. The molecule has 0 radical (unpaired) electrons. The summed E-state index contributed by atoms with van der Waals surface area (Å²) in [5.74, 6) is 0. The van der Waals surface area contributed by atoms with E-state index in [1.165, 1.54) is 12.0 Å². The average Bonchev–Trinajstić information content (AvgIpc) is 2.52. The first-order valence-corrected chi connectivity index (χ1v) is 3.85. The van der Waals surface area contributed by atoms with Crippen LogP contribution >= 0.6 is 0 Å². The third-order valence-electron chi connectivity index (χ3n) is 2.03. The van der Waals surface area contributed by atoms with E-state index in [2.05, 4.69) is 16.0 Å². The molecule has 2 atom stereocenters. The van der Waals surface area contributed by atoms with E-state index in [1.54, 1.807) is 0 Å². The van der Waals surface area contributed by atoms with Gasteiger partial charge in [-0.25, -0.2) is 9.59 Å². The van der Waals surface area contributed by atoms with E-state index in [1.807, 2.05) is 0 Å². The van der Waals surface area contributed by atoms with Gasteiger partial charge < -0.3 is 20.7 Å². The van der Waals surface area contributed by atoms with E-state index in [0.717, 1.165) is 0 Å². The molecule has 3 N–H and O–H groups in total. The van der Waals surface area contributed by atoms with Gasteiger partial charge >= 0.3 is 12.1 Å². The molecule has 2 aliphatic heterocycles. The number of hydrogen-bond donors (Lipinski definition) is 3. The standard InChI is InChI=1S/C6H10N4O3/c1-13-2-10-4-3(8-6(10)12)7-5(11)9-4/h3-4H,2H2,1H3,(H,8,12)(H2,7,9,11). The first-order valence-electron chi connectivity index (χ1n) is 3.85. The van der Waals surface area contributed by atoms with Crippen LogP contribution in [0, 0.1) is 0 Å². The molecule has 72 valence electrons. The minimum Gasteiger partial charge on any atom is -0.364 e. The molecule has 2 unspecified atom stereocenters. The van der Waals surface area contributed by atoms with Gasteiger partial charge in [-0.05, 0) is 0 Å². The van der Waals surface area contributed by atoms with Crippen LogP contribution in [0.2, 0.25) is 0 Å². The van der Waals surface area contributed by atoms with E-state index >= 15 is 0 Å². The zero-order chi connectivity index (χ0) is 9.42. The zero-order valence-corrected chi connectivity index (χ0v) is 7.03. The molecule has 2 fully saturated rings. The van der Waals surface area contributed by atoms with Crippen LogP contribution in [0.3, 0.4) is 0 Å². The van der Waals surface area contributed by atoms with Gasteiger partial charge in [0.25, 0.3) is 0 Å². The minimum atomic E-state index is -0.352. The van der Waals surface area contributed by atoms with E-state index in [-0.39, 0.29) is 31.1 Å². The predicted molar refractivity (Wildman–Crippen MR) is 41.5 cm³/mol. The Morgan fingerprint density at radius 3 is 2.85 bits per heavy atom. The maximum atomic E-state index is 11.2. The fourth-order valence-electron chi connectivity index (χ4n) is 1.47. The van der Waals surface area contributed by atoms with Crippen molar-refractivity contribution in [2.45, 2.75) is 12.3 Å². The number of fused-ring (bicyclic) bond motifs is 1. The maximum Gasteiger partial charge on any atom is 0.322 e. The monoisotopic (exact) mass is 186 g/mol. The molecule has 0 aliphatic carbocycles. The van der Waals surface area contributed by atoms with Gasteiger partial charge in [0.1, 0.15) is 19.1 Å². The van der Waals surface area contributed by atoms with Crippen LogP contribution in [0.15, 0.2) is 0 Å². The largest absolute Gasteiger partial charge is 0.364 e. The molecule has 0 aromatic rings. The van der Waals surface area contributed by atoms with Crippen molar-refractivity contribution in [3.8, 4) is 0 Å². The lowest BCUT2D eigenvalue weighted by molar-refractivity contribution is 0.0699. The first-order chi connectivity index (χ1) is 6.22. The fraction of sp³-hybridized carbons (Fsp3) is 0.667. The summed E-state index contributed by atoms with van der Waals surface area (Å²) >= 11 is 0. The Balaban J connectivity index is 2.10. The summed E-state index contributed by atoms with van der Waals surface area (Å²) in [6.45, 7) is 0.162. The molecule has 2 rings (SSSR count). The van der Waals surface area contributed by atoms with E-state index in [0.29, 0.717) is 0 Å². The second-order valence-electron chi connectivity index (χ2n) is 2.88. The van der Waals surface area contributed by atoms with Gasteiger partial charge in [-0.3, -0.25) is 4.90 Å². The van der Waals surface area contributed by atoms with Gasteiger partial charge in [-0.1, -0.05) is 0 Å². The number of nitrogens with one attached hydrogen (secondary N) is 3. The molecule has 0 aromatic heterocycles. The average molecular weight is 186 g/mol. The third-order valence-corrected chi connectivity index (χ3v) is 2.03. The smallest absolute Gasteiger partial charge is 0.322 e. The Bertz CT molecular complexity index is 256. The van der Waals surface area contributed by atoms with Crippen molar-refractivity contribution in [1.82, 2.24) is 20.9 Å². The number of methoxy groups -OCH3 is 1. The second-order valence-corrected chi connectivity index (χ2v) is 2.88. The topological polar surface area (TPSA) is 82.7 Å². The van der Waals surface area contributed by atoms with Crippen LogP contribution in [-0.4, -0.2) is 43.1 Å². The van der Waals surface area contributed by atoms with Gasteiger partial charge in [0.2, 0.25) is 0 Å². The summed E-state index contributed by atoms with van der Waals surface area (Å²) in [5, 5.41) is 7.74. The van der Waals surface area contributed by atoms with Gasteiger partial charge in [0.05, 0.1) is 0 Å². The van der Waals surface area contributed by atoms with Crippen LogP contribution in [-0.2, 0) is 4.74 Å². The van der Waals surface area contributed by atoms with Crippen molar-refractivity contribution in [2.75, 3.05) is 13.8 Å². The Labute approximate surface area is 74.4 Å². The molecule has 13 heavy (non-hydrogen) atoms.